The molecule has 2 atom stereocenters. The van der Waals surface area contributed by atoms with E-state index in [9.17, 15) is 0 Å². The first-order valence-electron chi connectivity index (χ1n) is 8.52. The lowest BCUT2D eigenvalue weighted by atomic mass is 9.90. The molecule has 3 nitrogen and oxygen atoms in total. The minimum absolute atomic E-state index is 0.608. The van der Waals surface area contributed by atoms with E-state index >= 15 is 0 Å². The largest absolute Gasteiger partial charge is 0.325 e. The summed E-state index contributed by atoms with van der Waals surface area (Å²) in [5.74, 6) is 1.28. The van der Waals surface area contributed by atoms with Gasteiger partial charge < -0.3 is 9.88 Å². The molecule has 3 heteroatoms. The van der Waals surface area contributed by atoms with Crippen LogP contribution in [0.1, 0.15) is 57.8 Å². The molecule has 21 heavy (non-hydrogen) atoms. The Morgan fingerprint density at radius 3 is 2.90 bits per heavy atom. The van der Waals surface area contributed by atoms with E-state index in [0.29, 0.717) is 12.1 Å². The molecule has 0 aliphatic heterocycles. The summed E-state index contributed by atoms with van der Waals surface area (Å²) in [7, 11) is 0. The number of hydrogen-bond donors (Lipinski definition) is 1. The van der Waals surface area contributed by atoms with E-state index in [1.165, 1.54) is 37.0 Å². The molecule has 1 N–H and O–H groups in total. The van der Waals surface area contributed by atoms with Gasteiger partial charge in [0.15, 0.2) is 0 Å². The van der Waals surface area contributed by atoms with Crippen LogP contribution in [0.3, 0.4) is 0 Å². The number of hydrogen-bond acceptors (Lipinski definition) is 2. The average molecular weight is 285 g/mol. The van der Waals surface area contributed by atoms with Crippen LogP contribution in [-0.4, -0.2) is 22.1 Å². The van der Waals surface area contributed by atoms with E-state index in [-0.39, 0.29) is 0 Å². The molecule has 0 radical (unpaired) electrons. The highest BCUT2D eigenvalue weighted by atomic mass is 15.1. The number of nitrogens with one attached hydrogen (secondary N) is 1. The molecule has 2 aromatic rings. The fraction of sp³-hybridized carbons (Fsp3) is 0.611. The summed E-state index contributed by atoms with van der Waals surface area (Å²) in [6, 6.07) is 9.90. The molecule has 2 unspecified atom stereocenters. The van der Waals surface area contributed by atoms with Crippen LogP contribution in [0, 0.1) is 0 Å². The normalized spacial score (nSPS) is 22.8. The van der Waals surface area contributed by atoms with Gasteiger partial charge in [0, 0.05) is 18.5 Å². The van der Waals surface area contributed by atoms with Crippen LogP contribution in [-0.2, 0) is 6.42 Å². The fourth-order valence-electron chi connectivity index (χ4n) is 3.77. The Hall–Kier alpha value is -1.35. The number of aryl methyl sites for hydroxylation is 1. The van der Waals surface area contributed by atoms with Crippen molar-refractivity contribution in [2.45, 2.75) is 64.5 Å². The first-order chi connectivity index (χ1) is 10.3. The highest BCUT2D eigenvalue weighted by molar-refractivity contribution is 5.76. The van der Waals surface area contributed by atoms with Gasteiger partial charge in [-0.1, -0.05) is 26.0 Å². The molecule has 0 spiro atoms. The van der Waals surface area contributed by atoms with Gasteiger partial charge in [0.1, 0.15) is 5.82 Å². The molecule has 1 aromatic heterocycles. The molecule has 3 rings (SSSR count). The standard InChI is InChI=1S/C18H27N3/c1-3-8-18-20-16-11-5-6-12-17(16)21(18)15-10-7-9-14(13-15)19-4-2/h5-6,11-12,14-15,19H,3-4,7-10,13H2,1-2H3. The van der Waals surface area contributed by atoms with Crippen molar-refractivity contribution in [2.24, 2.45) is 0 Å². The highest BCUT2D eigenvalue weighted by Crippen LogP contribution is 2.33. The molecular weight excluding hydrogens is 258 g/mol. The molecule has 1 aliphatic rings. The lowest BCUT2D eigenvalue weighted by molar-refractivity contribution is 0.287. The Morgan fingerprint density at radius 2 is 2.10 bits per heavy atom. The van der Waals surface area contributed by atoms with Crippen LogP contribution < -0.4 is 5.32 Å². The van der Waals surface area contributed by atoms with E-state index in [0.717, 1.165) is 24.9 Å². The van der Waals surface area contributed by atoms with Crippen LogP contribution in [0.2, 0.25) is 0 Å². The summed E-state index contributed by atoms with van der Waals surface area (Å²) >= 11 is 0. The third kappa shape index (κ3) is 2.98. The lowest BCUT2D eigenvalue weighted by Crippen LogP contribution is -2.35. The molecule has 114 valence electrons. The Kier molecular flexibility index (Phi) is 4.59. The number of fused-ring (bicyclic) bond motifs is 1. The van der Waals surface area contributed by atoms with E-state index in [1.54, 1.807) is 0 Å². The van der Waals surface area contributed by atoms with Crippen molar-refractivity contribution < 1.29 is 0 Å². The van der Waals surface area contributed by atoms with Gasteiger partial charge >= 0.3 is 0 Å². The molecular formula is C18H27N3. The zero-order chi connectivity index (χ0) is 14.7. The average Bonchev–Trinajstić information content (AvgIpc) is 2.86. The maximum absolute atomic E-state index is 4.89. The van der Waals surface area contributed by atoms with E-state index in [1.807, 2.05) is 0 Å². The topological polar surface area (TPSA) is 29.9 Å². The van der Waals surface area contributed by atoms with Crippen molar-refractivity contribution in [3.63, 3.8) is 0 Å². The van der Waals surface area contributed by atoms with E-state index < -0.39 is 0 Å². The molecule has 1 aromatic carbocycles. The van der Waals surface area contributed by atoms with E-state index in [2.05, 4.69) is 48.0 Å². The number of benzene rings is 1. The van der Waals surface area contributed by atoms with Crippen LogP contribution in [0.5, 0.6) is 0 Å². The predicted molar refractivity (Wildman–Crippen MR) is 88.7 cm³/mol. The quantitative estimate of drug-likeness (QED) is 0.897. The van der Waals surface area contributed by atoms with Crippen molar-refractivity contribution in [1.29, 1.82) is 0 Å². The van der Waals surface area contributed by atoms with Gasteiger partial charge in [0.2, 0.25) is 0 Å². The maximum Gasteiger partial charge on any atom is 0.110 e. The van der Waals surface area contributed by atoms with Crippen LogP contribution in [0.4, 0.5) is 0 Å². The van der Waals surface area contributed by atoms with Crippen LogP contribution >= 0.6 is 0 Å². The van der Waals surface area contributed by atoms with Crippen molar-refractivity contribution in [2.75, 3.05) is 6.54 Å². The summed E-state index contributed by atoms with van der Waals surface area (Å²) in [6.45, 7) is 5.52. The van der Waals surface area contributed by atoms with Crippen LogP contribution in [0.15, 0.2) is 24.3 Å². The van der Waals surface area contributed by atoms with Gasteiger partial charge in [-0.3, -0.25) is 0 Å². The number of aromatic nitrogens is 2. The Labute approximate surface area is 127 Å². The fourth-order valence-corrected chi connectivity index (χ4v) is 3.77. The Balaban J connectivity index is 1.95. The molecule has 1 fully saturated rings. The van der Waals surface area contributed by atoms with Gasteiger partial charge in [0.05, 0.1) is 11.0 Å². The third-order valence-corrected chi connectivity index (χ3v) is 4.65. The lowest BCUT2D eigenvalue weighted by Gasteiger charge is -2.32. The number of para-hydroxylation sites is 2. The third-order valence-electron chi connectivity index (χ3n) is 4.65. The number of rotatable bonds is 5. The van der Waals surface area contributed by atoms with Crippen molar-refractivity contribution in [3.05, 3.63) is 30.1 Å². The van der Waals surface area contributed by atoms with Crippen molar-refractivity contribution >= 4 is 11.0 Å². The zero-order valence-electron chi connectivity index (χ0n) is 13.3. The molecule has 1 heterocycles. The Bertz CT molecular complexity index is 585. The van der Waals surface area contributed by atoms with Gasteiger partial charge in [-0.2, -0.15) is 0 Å². The second-order valence-electron chi connectivity index (χ2n) is 6.21. The summed E-state index contributed by atoms with van der Waals surface area (Å²) in [4.78, 5) is 4.89. The minimum atomic E-state index is 0.608. The molecule has 0 amide bonds. The number of nitrogens with zero attached hydrogens (tertiary/aromatic N) is 2. The predicted octanol–water partition coefficient (Wildman–Crippen LogP) is 4.08. The first-order valence-corrected chi connectivity index (χ1v) is 8.52. The maximum atomic E-state index is 4.89. The van der Waals surface area contributed by atoms with Crippen molar-refractivity contribution in [1.82, 2.24) is 14.9 Å². The first kappa shape index (κ1) is 14.6. The minimum Gasteiger partial charge on any atom is -0.325 e. The SMILES string of the molecule is CCCc1nc2ccccc2n1C1CCCC(NCC)C1. The molecule has 1 saturated carbocycles. The van der Waals surface area contributed by atoms with Gasteiger partial charge in [-0.25, -0.2) is 4.98 Å². The summed E-state index contributed by atoms with van der Waals surface area (Å²) < 4.78 is 2.54. The summed E-state index contributed by atoms with van der Waals surface area (Å²) in [6.07, 6.45) is 7.41. The molecule has 1 aliphatic carbocycles. The molecule has 0 saturated heterocycles. The highest BCUT2D eigenvalue weighted by Gasteiger charge is 2.25. The Morgan fingerprint density at radius 1 is 1.24 bits per heavy atom. The monoisotopic (exact) mass is 285 g/mol. The zero-order valence-corrected chi connectivity index (χ0v) is 13.3. The van der Waals surface area contributed by atoms with Gasteiger partial charge in [0.25, 0.3) is 0 Å². The van der Waals surface area contributed by atoms with Gasteiger partial charge in [-0.05, 0) is 50.8 Å². The van der Waals surface area contributed by atoms with E-state index in [4.69, 9.17) is 4.98 Å². The summed E-state index contributed by atoms with van der Waals surface area (Å²) in [5.41, 5.74) is 2.48. The second kappa shape index (κ2) is 6.61. The second-order valence-corrected chi connectivity index (χ2v) is 6.21. The number of imidazole rings is 1. The molecule has 0 bridgehead atoms. The smallest absolute Gasteiger partial charge is 0.110 e. The van der Waals surface area contributed by atoms with Crippen molar-refractivity contribution in [3.8, 4) is 0 Å². The van der Waals surface area contributed by atoms with Crippen LogP contribution in [0.25, 0.3) is 11.0 Å². The van der Waals surface area contributed by atoms with Gasteiger partial charge in [-0.15, -0.1) is 0 Å². The summed E-state index contributed by atoms with van der Waals surface area (Å²) in [5, 5.41) is 3.64.